The Kier molecular flexibility index (Phi) is 3.87. The van der Waals surface area contributed by atoms with Crippen LogP contribution in [-0.2, 0) is 14.6 Å². The van der Waals surface area contributed by atoms with Gasteiger partial charge in [0.15, 0.2) is 9.84 Å². The number of nitrogens with one attached hydrogen (secondary N) is 1. The number of carbonyl (C=O) groups is 1. The largest absolute Gasteiger partial charge is 0.379 e. The number of rotatable bonds is 4. The predicted molar refractivity (Wildman–Crippen MR) is 73.3 cm³/mol. The van der Waals surface area contributed by atoms with Gasteiger partial charge in [-0.3, -0.25) is 4.90 Å². The molecule has 0 aromatic rings. The fourth-order valence-electron chi connectivity index (χ4n) is 3.22. The lowest BCUT2D eigenvalue weighted by Crippen LogP contribution is -2.41. The maximum Gasteiger partial charge on any atom is 0.318 e. The summed E-state index contributed by atoms with van der Waals surface area (Å²) in [5, 5.41) is 2.78. The van der Waals surface area contributed by atoms with Gasteiger partial charge in [-0.2, -0.15) is 0 Å². The Balaban J connectivity index is 1.50. The molecule has 8 heteroatoms. The molecule has 1 N–H and O–H groups in total. The zero-order chi connectivity index (χ0) is 14.2. The Morgan fingerprint density at radius 3 is 2.70 bits per heavy atom. The molecule has 7 nitrogen and oxygen atoms in total. The van der Waals surface area contributed by atoms with E-state index in [2.05, 4.69) is 10.2 Å². The minimum absolute atomic E-state index is 0.0867. The molecule has 3 saturated heterocycles. The van der Waals surface area contributed by atoms with E-state index in [1.807, 2.05) is 0 Å². The van der Waals surface area contributed by atoms with E-state index in [1.54, 1.807) is 4.90 Å². The molecule has 3 aliphatic heterocycles. The Bertz CT molecular complexity index is 475. The Labute approximate surface area is 119 Å². The van der Waals surface area contributed by atoms with E-state index in [0.29, 0.717) is 6.54 Å². The van der Waals surface area contributed by atoms with Crippen molar-refractivity contribution in [1.29, 1.82) is 0 Å². The van der Waals surface area contributed by atoms with Crippen LogP contribution < -0.4 is 5.32 Å². The van der Waals surface area contributed by atoms with E-state index in [9.17, 15) is 13.2 Å². The first-order valence-corrected chi connectivity index (χ1v) is 8.95. The number of nitrogens with zero attached hydrogens (tertiary/aromatic N) is 2. The van der Waals surface area contributed by atoms with E-state index < -0.39 is 9.84 Å². The molecule has 0 spiro atoms. The van der Waals surface area contributed by atoms with Crippen LogP contribution in [0.4, 0.5) is 4.79 Å². The Morgan fingerprint density at radius 2 is 1.95 bits per heavy atom. The second-order valence-electron chi connectivity index (χ2n) is 5.70. The second kappa shape index (κ2) is 5.50. The van der Waals surface area contributed by atoms with Crippen LogP contribution in [-0.4, -0.2) is 87.2 Å². The molecule has 2 amide bonds. The van der Waals surface area contributed by atoms with Gasteiger partial charge in [0, 0.05) is 26.2 Å². The van der Waals surface area contributed by atoms with Gasteiger partial charge >= 0.3 is 6.03 Å². The smallest absolute Gasteiger partial charge is 0.318 e. The molecule has 0 unspecified atom stereocenters. The zero-order valence-electron chi connectivity index (χ0n) is 11.5. The molecular formula is C12H21N3O4S. The molecule has 3 fully saturated rings. The Morgan fingerprint density at radius 1 is 1.20 bits per heavy atom. The van der Waals surface area contributed by atoms with E-state index in [1.165, 1.54) is 0 Å². The lowest BCUT2D eigenvalue weighted by Gasteiger charge is -2.28. The number of fused-ring (bicyclic) bond motifs is 1. The van der Waals surface area contributed by atoms with Crippen LogP contribution in [0, 0.1) is 0 Å². The number of hydrogen-bond donors (Lipinski definition) is 1. The quantitative estimate of drug-likeness (QED) is 0.667. The average molecular weight is 303 g/mol. The van der Waals surface area contributed by atoms with Crippen LogP contribution in [0.3, 0.4) is 0 Å². The van der Waals surface area contributed by atoms with Gasteiger partial charge in [0.1, 0.15) is 0 Å². The van der Waals surface area contributed by atoms with Crippen molar-refractivity contribution >= 4 is 15.9 Å². The first-order chi connectivity index (χ1) is 9.55. The summed E-state index contributed by atoms with van der Waals surface area (Å²) in [6.45, 7) is 4.97. The van der Waals surface area contributed by atoms with Gasteiger partial charge in [-0.25, -0.2) is 13.2 Å². The fraction of sp³-hybridized carbons (Fsp3) is 0.917. The molecule has 3 aliphatic rings. The number of amides is 2. The van der Waals surface area contributed by atoms with Crippen molar-refractivity contribution in [2.75, 3.05) is 50.9 Å². The van der Waals surface area contributed by atoms with Gasteiger partial charge in [-0.1, -0.05) is 0 Å². The highest BCUT2D eigenvalue weighted by molar-refractivity contribution is 7.91. The van der Waals surface area contributed by atoms with Crippen LogP contribution >= 0.6 is 0 Å². The monoisotopic (exact) mass is 303 g/mol. The highest BCUT2D eigenvalue weighted by Gasteiger charge is 2.48. The first kappa shape index (κ1) is 14.1. The summed E-state index contributed by atoms with van der Waals surface area (Å²) < 4.78 is 28.5. The number of morpholine rings is 1. The van der Waals surface area contributed by atoms with Crippen molar-refractivity contribution < 1.29 is 17.9 Å². The third-order valence-electron chi connectivity index (χ3n) is 4.27. The second-order valence-corrected chi connectivity index (χ2v) is 7.86. The SMILES string of the molecule is O=C1N[C@H]2CS(=O)(=O)C[C@@H]2N1CCCN1CCOCC1. The number of carbonyl (C=O) groups excluding carboxylic acids is 1. The summed E-state index contributed by atoms with van der Waals surface area (Å²) in [5.41, 5.74) is 0. The maximum absolute atomic E-state index is 11.9. The number of urea groups is 1. The molecule has 20 heavy (non-hydrogen) atoms. The van der Waals surface area contributed by atoms with Crippen molar-refractivity contribution in [3.8, 4) is 0 Å². The number of ether oxygens (including phenoxy) is 1. The average Bonchev–Trinajstić information content (AvgIpc) is 2.83. The van der Waals surface area contributed by atoms with Crippen molar-refractivity contribution in [2.45, 2.75) is 18.5 Å². The van der Waals surface area contributed by atoms with Gasteiger partial charge in [0.05, 0.1) is 36.8 Å². The lowest BCUT2D eigenvalue weighted by atomic mass is 10.2. The summed E-state index contributed by atoms with van der Waals surface area (Å²) in [4.78, 5) is 15.9. The summed E-state index contributed by atoms with van der Waals surface area (Å²) in [7, 11) is -2.99. The van der Waals surface area contributed by atoms with Gasteiger partial charge in [0.25, 0.3) is 0 Å². The summed E-state index contributed by atoms with van der Waals surface area (Å²) in [5.74, 6) is 0.192. The van der Waals surface area contributed by atoms with Gasteiger partial charge in [-0.05, 0) is 6.42 Å². The molecule has 0 aromatic carbocycles. The molecular weight excluding hydrogens is 282 g/mol. The van der Waals surface area contributed by atoms with Crippen LogP contribution in [0.15, 0.2) is 0 Å². The van der Waals surface area contributed by atoms with E-state index in [0.717, 1.165) is 39.3 Å². The predicted octanol–water partition coefficient (Wildman–Crippen LogP) is -1.10. The topological polar surface area (TPSA) is 79.0 Å². The minimum Gasteiger partial charge on any atom is -0.379 e. The molecule has 3 heterocycles. The van der Waals surface area contributed by atoms with Crippen LogP contribution in [0.25, 0.3) is 0 Å². The fourth-order valence-corrected chi connectivity index (χ4v) is 5.14. The van der Waals surface area contributed by atoms with Crippen LogP contribution in [0.2, 0.25) is 0 Å². The van der Waals surface area contributed by atoms with E-state index in [-0.39, 0.29) is 29.6 Å². The zero-order valence-corrected chi connectivity index (χ0v) is 12.3. The van der Waals surface area contributed by atoms with Crippen molar-refractivity contribution in [3.05, 3.63) is 0 Å². The van der Waals surface area contributed by atoms with Crippen LogP contribution in [0.5, 0.6) is 0 Å². The third kappa shape index (κ3) is 2.91. The molecule has 0 radical (unpaired) electrons. The van der Waals surface area contributed by atoms with Crippen LogP contribution in [0.1, 0.15) is 6.42 Å². The lowest BCUT2D eigenvalue weighted by molar-refractivity contribution is 0.0364. The molecule has 114 valence electrons. The highest BCUT2D eigenvalue weighted by Crippen LogP contribution is 2.24. The van der Waals surface area contributed by atoms with Crippen molar-refractivity contribution in [3.63, 3.8) is 0 Å². The van der Waals surface area contributed by atoms with Crippen molar-refractivity contribution in [2.24, 2.45) is 0 Å². The van der Waals surface area contributed by atoms with Gasteiger partial charge in [-0.15, -0.1) is 0 Å². The minimum atomic E-state index is -2.99. The van der Waals surface area contributed by atoms with E-state index >= 15 is 0 Å². The maximum atomic E-state index is 11.9. The normalized spacial score (nSPS) is 33.2. The number of hydrogen-bond acceptors (Lipinski definition) is 5. The first-order valence-electron chi connectivity index (χ1n) is 7.13. The third-order valence-corrected chi connectivity index (χ3v) is 5.99. The molecule has 0 aliphatic carbocycles. The summed E-state index contributed by atoms with van der Waals surface area (Å²) >= 11 is 0. The summed E-state index contributed by atoms with van der Waals surface area (Å²) in [6.07, 6.45) is 0.872. The molecule has 0 saturated carbocycles. The Hall–Kier alpha value is -0.860. The van der Waals surface area contributed by atoms with Crippen molar-refractivity contribution in [1.82, 2.24) is 15.1 Å². The molecule has 0 bridgehead atoms. The van der Waals surface area contributed by atoms with Gasteiger partial charge in [0.2, 0.25) is 0 Å². The molecule has 2 atom stereocenters. The van der Waals surface area contributed by atoms with E-state index in [4.69, 9.17) is 4.74 Å². The van der Waals surface area contributed by atoms with Gasteiger partial charge < -0.3 is 15.0 Å². The summed E-state index contributed by atoms with van der Waals surface area (Å²) in [6, 6.07) is -0.495. The standard InChI is InChI=1S/C12H21N3O4S/c16-12-13-10-8-20(17,18)9-11(10)15(12)3-1-2-14-4-6-19-7-5-14/h10-11H,1-9H2,(H,13,16)/t10-,11-/m0/s1. The molecule has 3 rings (SSSR count). The molecule has 0 aromatic heterocycles. The number of sulfone groups is 1. The highest BCUT2D eigenvalue weighted by atomic mass is 32.2.